The fraction of sp³-hybridized carbons (Fsp3) is 0.0625. The molecule has 4 rings (SSSR count). The normalized spacial score (nSPS) is 11.4. The van der Waals surface area contributed by atoms with Crippen LogP contribution in [0.5, 0.6) is 0 Å². The summed E-state index contributed by atoms with van der Waals surface area (Å²) in [5.74, 6) is 0. The molecule has 0 radical (unpaired) electrons. The predicted octanol–water partition coefficient (Wildman–Crippen LogP) is 3.71. The quantitative estimate of drug-likeness (QED) is 0.608. The Hall–Kier alpha value is -2.17. The van der Waals surface area contributed by atoms with Crippen molar-refractivity contribution in [3.63, 3.8) is 0 Å². The molecule has 0 unspecified atom stereocenters. The molecular formula is C16H12N2OS. The zero-order valence-corrected chi connectivity index (χ0v) is 11.5. The monoisotopic (exact) mass is 280 g/mol. The molecule has 0 amide bonds. The molecule has 0 saturated carbocycles. The van der Waals surface area contributed by atoms with Gasteiger partial charge in [-0.25, -0.2) is 4.98 Å². The highest BCUT2D eigenvalue weighted by Gasteiger charge is 2.11. The number of hydrogen-bond acceptors (Lipinski definition) is 3. The van der Waals surface area contributed by atoms with Crippen molar-refractivity contribution in [1.82, 2.24) is 9.38 Å². The van der Waals surface area contributed by atoms with Crippen molar-refractivity contribution in [3.05, 3.63) is 59.7 Å². The molecule has 4 heteroatoms. The van der Waals surface area contributed by atoms with E-state index in [9.17, 15) is 5.11 Å². The number of thiazole rings is 1. The van der Waals surface area contributed by atoms with E-state index in [0.29, 0.717) is 0 Å². The van der Waals surface area contributed by atoms with Gasteiger partial charge >= 0.3 is 0 Å². The van der Waals surface area contributed by atoms with Gasteiger partial charge in [-0.3, -0.25) is 4.40 Å². The lowest BCUT2D eigenvalue weighted by Gasteiger charge is -2.04. The van der Waals surface area contributed by atoms with Crippen LogP contribution in [-0.4, -0.2) is 14.5 Å². The minimum Gasteiger partial charge on any atom is -0.390 e. The van der Waals surface area contributed by atoms with Gasteiger partial charge in [-0.05, 0) is 16.8 Å². The molecule has 3 nitrogen and oxygen atoms in total. The number of hydrogen-bond donors (Lipinski definition) is 1. The van der Waals surface area contributed by atoms with Crippen LogP contribution in [0.25, 0.3) is 27.0 Å². The summed E-state index contributed by atoms with van der Waals surface area (Å²) in [6, 6.07) is 14.7. The Morgan fingerprint density at radius 3 is 2.80 bits per heavy atom. The molecule has 0 fully saturated rings. The summed E-state index contributed by atoms with van der Waals surface area (Å²) in [7, 11) is 0. The van der Waals surface area contributed by atoms with Gasteiger partial charge in [0.05, 0.1) is 24.2 Å². The molecule has 1 N–H and O–H groups in total. The molecule has 20 heavy (non-hydrogen) atoms. The van der Waals surface area contributed by atoms with E-state index >= 15 is 0 Å². The van der Waals surface area contributed by atoms with Crippen LogP contribution in [0.2, 0.25) is 0 Å². The summed E-state index contributed by atoms with van der Waals surface area (Å²) in [4.78, 5) is 5.23. The maximum Gasteiger partial charge on any atom is 0.194 e. The van der Waals surface area contributed by atoms with Crippen LogP contribution in [0.15, 0.2) is 54.0 Å². The molecule has 2 heterocycles. The van der Waals surface area contributed by atoms with E-state index in [1.165, 1.54) is 10.8 Å². The van der Waals surface area contributed by atoms with Gasteiger partial charge in [0.2, 0.25) is 0 Å². The van der Waals surface area contributed by atoms with Crippen LogP contribution >= 0.6 is 11.3 Å². The molecule has 0 spiro atoms. The Morgan fingerprint density at radius 2 is 1.95 bits per heavy atom. The van der Waals surface area contributed by atoms with Crippen molar-refractivity contribution in [2.45, 2.75) is 6.61 Å². The van der Waals surface area contributed by atoms with Crippen molar-refractivity contribution >= 4 is 27.1 Å². The lowest BCUT2D eigenvalue weighted by Crippen LogP contribution is -1.92. The van der Waals surface area contributed by atoms with Gasteiger partial charge in [-0.15, -0.1) is 11.3 Å². The molecule has 0 aliphatic heterocycles. The van der Waals surface area contributed by atoms with E-state index in [1.807, 2.05) is 16.5 Å². The predicted molar refractivity (Wildman–Crippen MR) is 81.9 cm³/mol. The minimum absolute atomic E-state index is 0.00151. The fourth-order valence-electron chi connectivity index (χ4n) is 2.53. The van der Waals surface area contributed by atoms with E-state index in [4.69, 9.17) is 0 Å². The fourth-order valence-corrected chi connectivity index (χ4v) is 3.42. The topological polar surface area (TPSA) is 37.5 Å². The first-order valence-corrected chi connectivity index (χ1v) is 7.28. The standard InChI is InChI=1S/C16H12N2OS/c19-9-14-8-17-16-18(14)15(10-20-16)13-6-5-11-3-1-2-4-12(11)7-13/h1-8,10,19H,9H2. The van der Waals surface area contributed by atoms with E-state index in [-0.39, 0.29) is 6.61 Å². The van der Waals surface area contributed by atoms with E-state index in [2.05, 4.69) is 40.7 Å². The van der Waals surface area contributed by atoms with Crippen molar-refractivity contribution in [2.75, 3.05) is 0 Å². The third-order valence-corrected chi connectivity index (χ3v) is 4.37. The van der Waals surface area contributed by atoms with Gasteiger partial charge in [-0.1, -0.05) is 36.4 Å². The number of fused-ring (bicyclic) bond motifs is 2. The number of aromatic nitrogens is 2. The SMILES string of the molecule is OCc1cnc2scc(-c3ccc4ccccc4c3)n12. The Labute approximate surface area is 119 Å². The van der Waals surface area contributed by atoms with Gasteiger partial charge in [0.15, 0.2) is 4.96 Å². The second kappa shape index (κ2) is 4.44. The average Bonchev–Trinajstić information content (AvgIpc) is 3.08. The molecule has 2 aromatic carbocycles. The number of rotatable bonds is 2. The Morgan fingerprint density at radius 1 is 1.10 bits per heavy atom. The maximum atomic E-state index is 9.43. The van der Waals surface area contributed by atoms with Crippen LogP contribution in [-0.2, 0) is 6.61 Å². The van der Waals surface area contributed by atoms with Crippen molar-refractivity contribution in [1.29, 1.82) is 0 Å². The zero-order chi connectivity index (χ0) is 13.5. The Kier molecular flexibility index (Phi) is 2.58. The molecular weight excluding hydrogens is 268 g/mol. The number of aliphatic hydroxyl groups excluding tert-OH is 1. The molecule has 0 saturated heterocycles. The minimum atomic E-state index is -0.00151. The van der Waals surface area contributed by atoms with Gasteiger partial charge in [0.25, 0.3) is 0 Å². The maximum absolute atomic E-state index is 9.43. The zero-order valence-electron chi connectivity index (χ0n) is 10.7. The van der Waals surface area contributed by atoms with Crippen molar-refractivity contribution in [3.8, 4) is 11.3 Å². The van der Waals surface area contributed by atoms with Crippen LogP contribution in [0.4, 0.5) is 0 Å². The first kappa shape index (κ1) is 11.6. The number of nitrogens with zero attached hydrogens (tertiary/aromatic N) is 2. The van der Waals surface area contributed by atoms with Crippen molar-refractivity contribution < 1.29 is 5.11 Å². The van der Waals surface area contributed by atoms with Gasteiger partial charge < -0.3 is 5.11 Å². The Bertz CT molecular complexity index is 907. The molecule has 0 bridgehead atoms. The van der Waals surface area contributed by atoms with Crippen molar-refractivity contribution in [2.24, 2.45) is 0 Å². The number of imidazole rings is 1. The molecule has 0 aliphatic rings. The Balaban J connectivity index is 1.98. The first-order valence-electron chi connectivity index (χ1n) is 6.40. The van der Waals surface area contributed by atoms with E-state index in [0.717, 1.165) is 21.9 Å². The number of benzene rings is 2. The molecule has 4 aromatic rings. The van der Waals surface area contributed by atoms with Crippen LogP contribution in [0.3, 0.4) is 0 Å². The largest absolute Gasteiger partial charge is 0.390 e. The van der Waals surface area contributed by atoms with E-state index in [1.54, 1.807) is 17.5 Å². The molecule has 0 atom stereocenters. The van der Waals surface area contributed by atoms with Gasteiger partial charge in [0, 0.05) is 10.9 Å². The third-order valence-electron chi connectivity index (χ3n) is 3.53. The average molecular weight is 280 g/mol. The highest BCUT2D eigenvalue weighted by atomic mass is 32.1. The molecule has 0 aliphatic carbocycles. The summed E-state index contributed by atoms with van der Waals surface area (Å²) in [5.41, 5.74) is 3.05. The highest BCUT2D eigenvalue weighted by Crippen LogP contribution is 2.29. The second-order valence-corrected chi connectivity index (χ2v) is 5.55. The molecule has 98 valence electrons. The van der Waals surface area contributed by atoms with Crippen LogP contribution in [0.1, 0.15) is 5.69 Å². The third kappa shape index (κ3) is 1.66. The summed E-state index contributed by atoms with van der Waals surface area (Å²) in [6.07, 6.45) is 1.73. The second-order valence-electron chi connectivity index (χ2n) is 4.71. The van der Waals surface area contributed by atoms with Gasteiger partial charge in [-0.2, -0.15) is 0 Å². The molecule has 2 aromatic heterocycles. The summed E-state index contributed by atoms with van der Waals surface area (Å²) >= 11 is 1.59. The summed E-state index contributed by atoms with van der Waals surface area (Å²) in [6.45, 7) is -0.00151. The highest BCUT2D eigenvalue weighted by molar-refractivity contribution is 7.15. The van der Waals surface area contributed by atoms with Crippen LogP contribution < -0.4 is 0 Å². The smallest absolute Gasteiger partial charge is 0.194 e. The number of aliphatic hydroxyl groups is 1. The van der Waals surface area contributed by atoms with Crippen LogP contribution in [0, 0.1) is 0 Å². The van der Waals surface area contributed by atoms with E-state index < -0.39 is 0 Å². The van der Waals surface area contributed by atoms with Gasteiger partial charge in [0.1, 0.15) is 0 Å². The summed E-state index contributed by atoms with van der Waals surface area (Å²) in [5, 5.41) is 14.0. The first-order chi connectivity index (χ1) is 9.86. The lowest BCUT2D eigenvalue weighted by molar-refractivity contribution is 0.276. The lowest BCUT2D eigenvalue weighted by atomic mass is 10.1. The summed E-state index contributed by atoms with van der Waals surface area (Å²) < 4.78 is 2.02.